The van der Waals surface area contributed by atoms with Crippen LogP contribution in [0.4, 0.5) is 5.69 Å². The lowest BCUT2D eigenvalue weighted by Gasteiger charge is -2.47. The number of piperidine rings is 2. The van der Waals surface area contributed by atoms with Gasteiger partial charge in [0.15, 0.2) is 6.29 Å². The smallest absolute Gasteiger partial charge is 0.243 e. The molecule has 2 amide bonds. The number of carbonyl (C=O) groups is 4. The Morgan fingerprint density at radius 3 is 2.19 bits per heavy atom. The van der Waals surface area contributed by atoms with Crippen LogP contribution in [0.2, 0.25) is 0 Å². The van der Waals surface area contributed by atoms with E-state index < -0.39 is 23.8 Å². The number of piperazine rings is 1. The molecule has 2 N–H and O–H groups in total. The van der Waals surface area contributed by atoms with Crippen molar-refractivity contribution in [2.75, 3.05) is 56.7 Å². The van der Waals surface area contributed by atoms with E-state index in [1.165, 1.54) is 0 Å². The molecule has 0 aliphatic carbocycles. The molecule has 12 heteroatoms. The fraction of sp³-hybridized carbons (Fsp3) is 0.412. The van der Waals surface area contributed by atoms with Crippen molar-refractivity contribution in [3.8, 4) is 11.5 Å². The molecule has 4 atom stereocenters. The van der Waals surface area contributed by atoms with Gasteiger partial charge in [0.25, 0.3) is 0 Å². The van der Waals surface area contributed by atoms with E-state index in [0.717, 1.165) is 103 Å². The number of amides is 2. The summed E-state index contributed by atoms with van der Waals surface area (Å²) in [6, 6.07) is 31.2. The number of halogens is 1. The molecule has 3 saturated heterocycles. The Labute approximate surface area is 375 Å². The number of allylic oxidation sites excluding steroid dienone is 1. The number of carbonyl (C=O) groups excluding carboxylic acids is 4. The summed E-state index contributed by atoms with van der Waals surface area (Å²) >= 11 is 6.34. The van der Waals surface area contributed by atoms with Crippen molar-refractivity contribution in [2.24, 2.45) is 5.92 Å². The minimum atomic E-state index is -0.840. The summed E-state index contributed by atoms with van der Waals surface area (Å²) in [5.41, 5.74) is 8.17. The lowest BCUT2D eigenvalue weighted by Crippen LogP contribution is -2.58. The monoisotopic (exact) mass is 871 g/mol. The molecule has 4 unspecified atom stereocenters. The number of benzene rings is 4. The van der Waals surface area contributed by atoms with Crippen LogP contribution >= 0.6 is 11.6 Å². The van der Waals surface area contributed by atoms with Crippen molar-refractivity contribution >= 4 is 52.3 Å². The van der Waals surface area contributed by atoms with Crippen LogP contribution in [0, 0.1) is 5.92 Å². The number of ether oxygens (including phenoxy) is 1. The number of likely N-dealkylation sites (tertiary alicyclic amines) is 1. The number of nitrogens with zero attached hydrogens (tertiary/aromatic N) is 4. The molecule has 4 aliphatic rings. The molecule has 4 aliphatic heterocycles. The van der Waals surface area contributed by atoms with Gasteiger partial charge in [-0.2, -0.15) is 0 Å². The number of phenols is 1. The fourth-order valence-corrected chi connectivity index (χ4v) is 10.6. The molecule has 4 aromatic carbocycles. The second-order valence-corrected chi connectivity index (χ2v) is 18.0. The third-order valence-corrected chi connectivity index (χ3v) is 13.6. The van der Waals surface area contributed by atoms with Gasteiger partial charge in [-0.3, -0.25) is 39.2 Å². The van der Waals surface area contributed by atoms with Crippen LogP contribution in [0.5, 0.6) is 11.5 Å². The Morgan fingerprint density at radius 2 is 1.54 bits per heavy atom. The highest BCUT2D eigenvalue weighted by molar-refractivity contribution is 6.27. The maximum Gasteiger partial charge on any atom is 0.243 e. The van der Waals surface area contributed by atoms with Gasteiger partial charge in [-0.1, -0.05) is 60.7 Å². The van der Waals surface area contributed by atoms with Crippen LogP contribution in [0.15, 0.2) is 97.1 Å². The number of ketones is 1. The second kappa shape index (κ2) is 20.0. The minimum Gasteiger partial charge on any atom is -0.508 e. The van der Waals surface area contributed by atoms with Crippen molar-refractivity contribution in [3.05, 3.63) is 125 Å². The number of fused-ring (bicyclic) bond motifs is 1. The number of aldehydes is 1. The highest BCUT2D eigenvalue weighted by Gasteiger charge is 2.44. The Hall–Kier alpha value is -5.33. The van der Waals surface area contributed by atoms with E-state index in [-0.39, 0.29) is 30.2 Å². The summed E-state index contributed by atoms with van der Waals surface area (Å²) in [5, 5.41) is 12.4. The molecular formula is C51H58ClN5O6. The lowest BCUT2D eigenvalue weighted by molar-refractivity contribution is -0.141. The highest BCUT2D eigenvalue weighted by Crippen LogP contribution is 2.41. The number of phenolic OH excluding ortho intramolecular Hbond substituents is 1. The maximum absolute atomic E-state index is 13.1. The first kappa shape index (κ1) is 44.3. The minimum absolute atomic E-state index is 0.206. The summed E-state index contributed by atoms with van der Waals surface area (Å²) < 4.78 is 6.28. The number of hydrogen-bond donors (Lipinski definition) is 2. The third-order valence-electron chi connectivity index (χ3n) is 13.4. The topological polar surface area (TPSA) is 123 Å². The first-order valence-electron chi connectivity index (χ1n) is 22.4. The number of Topliss-reactive ketones (excluding diaryl/α,β-unsaturated/α-hetero) is 1. The highest BCUT2D eigenvalue weighted by atomic mass is 35.5. The number of alkyl halides is 1. The first-order chi connectivity index (χ1) is 30.6. The van der Waals surface area contributed by atoms with Gasteiger partial charge < -0.3 is 14.7 Å². The lowest BCUT2D eigenvalue weighted by atomic mass is 9.88. The maximum atomic E-state index is 13.1. The summed E-state index contributed by atoms with van der Waals surface area (Å²) in [6.07, 6.45) is 3.89. The molecule has 0 spiro atoms. The molecule has 4 aromatic rings. The van der Waals surface area contributed by atoms with Crippen molar-refractivity contribution in [1.29, 1.82) is 0 Å². The van der Waals surface area contributed by atoms with Gasteiger partial charge in [0.2, 0.25) is 17.6 Å². The number of hydrogen-bond acceptors (Lipinski definition) is 10. The number of nitrogens with one attached hydrogen (secondary N) is 1. The van der Waals surface area contributed by atoms with Crippen LogP contribution in [0.1, 0.15) is 79.8 Å². The Bertz CT molecular complexity index is 2280. The third kappa shape index (κ3) is 10.1. The van der Waals surface area contributed by atoms with Crippen molar-refractivity contribution < 1.29 is 29.0 Å². The number of imide groups is 1. The zero-order valence-electron chi connectivity index (χ0n) is 36.3. The average Bonchev–Trinajstić information content (AvgIpc) is 3.66. The second-order valence-electron chi connectivity index (χ2n) is 17.6. The summed E-state index contributed by atoms with van der Waals surface area (Å²) in [4.78, 5) is 58.9. The van der Waals surface area contributed by atoms with E-state index in [4.69, 9.17) is 16.3 Å². The molecule has 4 heterocycles. The van der Waals surface area contributed by atoms with Gasteiger partial charge in [-0.15, -0.1) is 11.6 Å². The van der Waals surface area contributed by atoms with E-state index in [0.29, 0.717) is 44.1 Å². The molecular weight excluding hydrogens is 814 g/mol. The summed E-state index contributed by atoms with van der Waals surface area (Å²) in [5.74, 6) is 0.896. The predicted octanol–water partition coefficient (Wildman–Crippen LogP) is 7.10. The molecule has 330 valence electrons. The number of rotatable bonds is 15. The largest absolute Gasteiger partial charge is 0.508 e. The van der Waals surface area contributed by atoms with E-state index in [1.54, 1.807) is 17.0 Å². The Balaban J connectivity index is 0.828. The molecule has 63 heavy (non-hydrogen) atoms. The summed E-state index contributed by atoms with van der Waals surface area (Å²) in [7, 11) is 0. The quantitative estimate of drug-likeness (QED) is 0.0421. The van der Waals surface area contributed by atoms with Crippen LogP contribution in [-0.4, -0.2) is 114 Å². The van der Waals surface area contributed by atoms with Gasteiger partial charge in [0, 0.05) is 62.8 Å². The number of anilines is 1. The van der Waals surface area contributed by atoms with Gasteiger partial charge in [0.1, 0.15) is 24.1 Å². The van der Waals surface area contributed by atoms with E-state index >= 15 is 0 Å². The summed E-state index contributed by atoms with van der Waals surface area (Å²) in [6.45, 7) is 11.4. The van der Waals surface area contributed by atoms with Gasteiger partial charge in [0.05, 0.1) is 6.04 Å². The van der Waals surface area contributed by atoms with Crippen LogP contribution in [0.25, 0.3) is 11.1 Å². The van der Waals surface area contributed by atoms with Gasteiger partial charge in [-0.25, -0.2) is 0 Å². The molecule has 0 radical (unpaired) electrons. The van der Waals surface area contributed by atoms with E-state index in [1.807, 2.05) is 54.6 Å². The molecule has 8 rings (SSSR count). The van der Waals surface area contributed by atoms with Crippen molar-refractivity contribution in [3.63, 3.8) is 0 Å². The zero-order chi connectivity index (χ0) is 44.0. The first-order valence-corrected chi connectivity index (χ1v) is 22.9. The normalized spacial score (nSPS) is 22.9. The predicted molar refractivity (Wildman–Crippen MR) is 247 cm³/mol. The zero-order valence-corrected chi connectivity index (χ0v) is 37.0. The van der Waals surface area contributed by atoms with E-state index in [2.05, 4.69) is 64.2 Å². The van der Waals surface area contributed by atoms with Crippen molar-refractivity contribution in [1.82, 2.24) is 20.0 Å². The van der Waals surface area contributed by atoms with E-state index in [9.17, 15) is 24.3 Å². The standard InChI is InChI=1S/C51H58ClN5O6/c1-34-29-55(30-35(2)57(34)41-13-8-40-32-56(46-18-19-48(61)53-51(46)62)50(45(40)28-41)47(60)33-58)31-36-21-24-54(25-22-36)26-27-63-43-16-11-39(12-17-43)49(38-9-14-42(59)15-10-38)44(20-23-52)37-6-4-3-5-7-37/h3-17,28,33-36,46,50,59H,18-27,29-32H2,1-2H3,(H,53,61,62). The molecule has 0 aromatic heterocycles. The molecule has 11 nitrogen and oxygen atoms in total. The Kier molecular flexibility index (Phi) is 14.1. The Morgan fingerprint density at radius 1 is 0.857 bits per heavy atom. The van der Waals surface area contributed by atoms with Gasteiger partial charge >= 0.3 is 0 Å². The average molecular weight is 873 g/mol. The van der Waals surface area contributed by atoms with Gasteiger partial charge in [-0.05, 0) is 134 Å². The SMILES string of the molecule is CC1CN(CC2CCN(CCOc3ccc(C(=C(CCCl)c4ccccc4)c4ccc(O)cc4)cc3)CC2)CC(C)N1c1ccc2c(c1)C(C(=O)C=O)N(C1CCC(=O)NC1=O)C2. The van der Waals surface area contributed by atoms with Crippen molar-refractivity contribution in [2.45, 2.75) is 76.7 Å². The molecule has 0 bridgehead atoms. The van der Waals surface area contributed by atoms with Crippen LogP contribution in [0.3, 0.4) is 0 Å². The van der Waals surface area contributed by atoms with Crippen LogP contribution in [-0.2, 0) is 25.7 Å². The van der Waals surface area contributed by atoms with Crippen LogP contribution < -0.4 is 15.0 Å². The number of aromatic hydroxyl groups is 1. The molecule has 0 saturated carbocycles. The fourth-order valence-electron chi connectivity index (χ4n) is 10.4. The molecule has 3 fully saturated rings.